The molecule has 0 aliphatic carbocycles. The summed E-state index contributed by atoms with van der Waals surface area (Å²) < 4.78 is 43.1. The van der Waals surface area contributed by atoms with Gasteiger partial charge in [0.2, 0.25) is 0 Å². The smallest absolute Gasteiger partial charge is 0.182 e. The van der Waals surface area contributed by atoms with Gasteiger partial charge < -0.3 is 25.7 Å². The zero-order valence-electron chi connectivity index (χ0n) is 15.1. The Kier molecular flexibility index (Phi) is 6.70. The lowest BCUT2D eigenvalue weighted by atomic mass is 9.87. The van der Waals surface area contributed by atoms with E-state index in [1.165, 1.54) is 23.1 Å². The lowest BCUT2D eigenvalue weighted by Gasteiger charge is -2.49. The van der Waals surface area contributed by atoms with Crippen LogP contribution in [0.5, 0.6) is 0 Å². The number of aliphatic hydroxyl groups is 4. The topological polar surface area (TPSA) is 96.2 Å². The minimum absolute atomic E-state index is 0.0355. The van der Waals surface area contributed by atoms with Crippen molar-refractivity contribution in [2.24, 2.45) is 0 Å². The summed E-state index contributed by atoms with van der Waals surface area (Å²) in [6, 6.07) is 6.20. The molecule has 6 nitrogen and oxygen atoms in total. The van der Waals surface area contributed by atoms with Gasteiger partial charge in [-0.3, -0.25) is 4.90 Å². The summed E-state index contributed by atoms with van der Waals surface area (Å²) in [7, 11) is 0. The third-order valence-electron chi connectivity index (χ3n) is 4.76. The number of rotatable bonds is 7. The van der Waals surface area contributed by atoms with E-state index in [2.05, 4.69) is 5.32 Å². The zero-order chi connectivity index (χ0) is 21.3. The molecule has 1 aliphatic heterocycles. The van der Waals surface area contributed by atoms with Gasteiger partial charge in [-0.25, -0.2) is 13.2 Å². The zero-order valence-corrected chi connectivity index (χ0v) is 17.3. The molecular formula is C19H20F3IN2O4. The van der Waals surface area contributed by atoms with E-state index < -0.39 is 47.7 Å². The average molecular weight is 524 g/mol. The first-order chi connectivity index (χ1) is 13.6. The van der Waals surface area contributed by atoms with Crippen LogP contribution in [-0.2, 0) is 0 Å². The monoisotopic (exact) mass is 524 g/mol. The van der Waals surface area contributed by atoms with Crippen molar-refractivity contribution >= 4 is 34.0 Å². The molecule has 5 N–H and O–H groups in total. The van der Waals surface area contributed by atoms with Crippen LogP contribution in [0.15, 0.2) is 30.3 Å². The molecule has 1 heterocycles. The Bertz CT molecular complexity index is 896. The molecule has 29 heavy (non-hydrogen) atoms. The van der Waals surface area contributed by atoms with Crippen LogP contribution >= 0.6 is 22.6 Å². The fourth-order valence-corrected chi connectivity index (χ4v) is 3.80. The van der Waals surface area contributed by atoms with Gasteiger partial charge in [0.1, 0.15) is 12.0 Å². The maximum Gasteiger partial charge on any atom is 0.182 e. The standard InChI is InChI=1S/C19H20F3IN2O4/c20-13-3-2-12(18(28)25-8-19(29,9-25)6-11(27)7-26)17(16(13)22)24-15-4-1-10(23)5-14(15)21/h1-5,11,18,24,26-29H,6-9H2. The highest BCUT2D eigenvalue weighted by Crippen LogP contribution is 2.37. The number of β-amino-alcohol motifs (C(OH)–C–C–N with tert-alkyl or cyclic N) is 1. The Labute approximate surface area is 178 Å². The van der Waals surface area contributed by atoms with E-state index >= 15 is 0 Å². The van der Waals surface area contributed by atoms with E-state index in [0.29, 0.717) is 3.57 Å². The molecular weight excluding hydrogens is 504 g/mol. The summed E-state index contributed by atoms with van der Waals surface area (Å²) in [6.45, 7) is -0.618. The lowest BCUT2D eigenvalue weighted by molar-refractivity contribution is -0.176. The molecule has 0 saturated carbocycles. The van der Waals surface area contributed by atoms with Crippen molar-refractivity contribution in [3.05, 3.63) is 56.9 Å². The maximum atomic E-state index is 14.5. The van der Waals surface area contributed by atoms with Crippen LogP contribution in [0, 0.1) is 21.0 Å². The SMILES string of the molecule is OCC(O)CC1(O)CN(C(O)c2ccc(F)c(F)c2Nc2ccc(I)cc2F)C1. The van der Waals surface area contributed by atoms with E-state index in [9.17, 15) is 28.5 Å². The van der Waals surface area contributed by atoms with Crippen LogP contribution < -0.4 is 5.32 Å². The molecule has 0 aromatic heterocycles. The number of anilines is 2. The molecule has 0 radical (unpaired) electrons. The second-order valence-electron chi connectivity index (χ2n) is 7.12. The predicted molar refractivity (Wildman–Crippen MR) is 108 cm³/mol. The lowest BCUT2D eigenvalue weighted by Crippen LogP contribution is -2.63. The van der Waals surface area contributed by atoms with Gasteiger partial charge in [-0.15, -0.1) is 0 Å². The third kappa shape index (κ3) is 4.84. The summed E-state index contributed by atoms with van der Waals surface area (Å²) in [5.41, 5.74) is -1.86. The molecule has 1 aliphatic rings. The Morgan fingerprint density at radius 3 is 2.41 bits per heavy atom. The van der Waals surface area contributed by atoms with Gasteiger partial charge >= 0.3 is 0 Å². The molecule has 1 fully saturated rings. The summed E-state index contributed by atoms with van der Waals surface area (Å²) in [6.07, 6.45) is -2.61. The Morgan fingerprint density at radius 1 is 1.10 bits per heavy atom. The van der Waals surface area contributed by atoms with Crippen molar-refractivity contribution in [3.63, 3.8) is 0 Å². The Hall–Kier alpha value is -1.44. The van der Waals surface area contributed by atoms with Gasteiger partial charge in [0, 0.05) is 28.6 Å². The van der Waals surface area contributed by atoms with Crippen molar-refractivity contribution in [1.82, 2.24) is 4.90 Å². The maximum absolute atomic E-state index is 14.5. The predicted octanol–water partition coefficient (Wildman–Crippen LogP) is 2.23. The first-order valence-corrected chi connectivity index (χ1v) is 9.85. The first-order valence-electron chi connectivity index (χ1n) is 8.77. The minimum Gasteiger partial charge on any atom is -0.394 e. The van der Waals surface area contributed by atoms with Gasteiger partial charge in [0.25, 0.3) is 0 Å². The summed E-state index contributed by atoms with van der Waals surface area (Å²) in [5.74, 6) is -3.11. The number of nitrogens with zero attached hydrogens (tertiary/aromatic N) is 1. The quantitative estimate of drug-likeness (QED) is 0.357. The van der Waals surface area contributed by atoms with Crippen molar-refractivity contribution in [2.75, 3.05) is 25.0 Å². The average Bonchev–Trinajstić information content (AvgIpc) is 2.64. The van der Waals surface area contributed by atoms with E-state index in [1.807, 2.05) is 22.6 Å². The second kappa shape index (κ2) is 8.74. The highest BCUT2D eigenvalue weighted by molar-refractivity contribution is 14.1. The van der Waals surface area contributed by atoms with Crippen LogP contribution in [0.3, 0.4) is 0 Å². The fraction of sp³-hybridized carbons (Fsp3) is 0.368. The van der Waals surface area contributed by atoms with Crippen molar-refractivity contribution in [2.45, 2.75) is 24.4 Å². The normalized spacial score (nSPS) is 18.2. The highest BCUT2D eigenvalue weighted by atomic mass is 127. The summed E-state index contributed by atoms with van der Waals surface area (Å²) in [5, 5.41) is 41.9. The Balaban J connectivity index is 1.84. The molecule has 0 bridgehead atoms. The molecule has 158 valence electrons. The van der Waals surface area contributed by atoms with Gasteiger partial charge in [-0.2, -0.15) is 0 Å². The van der Waals surface area contributed by atoms with E-state index in [1.54, 1.807) is 6.07 Å². The second-order valence-corrected chi connectivity index (χ2v) is 8.36. The highest BCUT2D eigenvalue weighted by Gasteiger charge is 2.45. The van der Waals surface area contributed by atoms with Gasteiger partial charge in [0.15, 0.2) is 11.6 Å². The van der Waals surface area contributed by atoms with Crippen LogP contribution in [0.1, 0.15) is 18.2 Å². The van der Waals surface area contributed by atoms with E-state index in [-0.39, 0.29) is 30.8 Å². The number of nitrogens with one attached hydrogen (secondary N) is 1. The van der Waals surface area contributed by atoms with E-state index in [0.717, 1.165) is 6.07 Å². The molecule has 2 atom stereocenters. The van der Waals surface area contributed by atoms with Gasteiger partial charge in [-0.1, -0.05) is 0 Å². The van der Waals surface area contributed by atoms with Crippen molar-refractivity contribution in [3.8, 4) is 0 Å². The van der Waals surface area contributed by atoms with Crippen LogP contribution in [0.4, 0.5) is 24.5 Å². The number of aliphatic hydroxyl groups excluding tert-OH is 3. The third-order valence-corrected chi connectivity index (χ3v) is 5.43. The van der Waals surface area contributed by atoms with Crippen molar-refractivity contribution in [1.29, 1.82) is 0 Å². The molecule has 1 saturated heterocycles. The summed E-state index contributed by atoms with van der Waals surface area (Å²) in [4.78, 5) is 1.38. The van der Waals surface area contributed by atoms with Gasteiger partial charge in [0.05, 0.1) is 29.7 Å². The number of hydrogen-bond donors (Lipinski definition) is 5. The number of hydrogen-bond acceptors (Lipinski definition) is 6. The fourth-order valence-electron chi connectivity index (χ4n) is 3.34. The first kappa shape index (κ1) is 22.2. The molecule has 3 rings (SSSR count). The number of halogens is 4. The largest absolute Gasteiger partial charge is 0.394 e. The van der Waals surface area contributed by atoms with Crippen molar-refractivity contribution < 1.29 is 33.6 Å². The molecule has 10 heteroatoms. The molecule has 2 unspecified atom stereocenters. The number of benzene rings is 2. The van der Waals surface area contributed by atoms with Crippen LogP contribution in [0.25, 0.3) is 0 Å². The molecule has 2 aromatic carbocycles. The molecule has 0 amide bonds. The number of likely N-dealkylation sites (tertiary alicyclic amines) is 1. The minimum atomic E-state index is -1.41. The van der Waals surface area contributed by atoms with Gasteiger partial charge in [-0.05, 0) is 52.9 Å². The van der Waals surface area contributed by atoms with Crippen LogP contribution in [-0.4, -0.2) is 56.7 Å². The molecule has 0 spiro atoms. The van der Waals surface area contributed by atoms with Crippen LogP contribution in [0.2, 0.25) is 0 Å². The van der Waals surface area contributed by atoms with E-state index in [4.69, 9.17) is 5.11 Å². The summed E-state index contributed by atoms with van der Waals surface area (Å²) >= 11 is 1.91. The Morgan fingerprint density at radius 2 is 1.79 bits per heavy atom. The molecule has 2 aromatic rings.